The number of amides is 1. The van der Waals surface area contributed by atoms with Gasteiger partial charge in [0.25, 0.3) is 5.91 Å². The lowest BCUT2D eigenvalue weighted by atomic mass is 9.99. The van der Waals surface area contributed by atoms with E-state index in [0.717, 1.165) is 25.6 Å². The molecule has 0 aliphatic carbocycles. The maximum absolute atomic E-state index is 12.5. The van der Waals surface area contributed by atoms with Crippen LogP contribution in [0.1, 0.15) is 37.0 Å². The summed E-state index contributed by atoms with van der Waals surface area (Å²) in [6.07, 6.45) is 2.49. The lowest BCUT2D eigenvalue weighted by Crippen LogP contribution is -2.44. The third kappa shape index (κ3) is 4.86. The van der Waals surface area contributed by atoms with Gasteiger partial charge in [0.05, 0.1) is 19.8 Å². The van der Waals surface area contributed by atoms with Crippen molar-refractivity contribution in [2.75, 3.05) is 33.9 Å². The SMILES string of the molecule is COc1ccc(C(=O)NC(C)CN2CCC(C)CC2)c(OC)c1. The average Bonchev–Trinajstić information content (AvgIpc) is 2.56. The molecule has 1 saturated heterocycles. The first-order chi connectivity index (χ1) is 11.0. The first kappa shape index (κ1) is 17.6. The number of hydrogen-bond donors (Lipinski definition) is 1. The molecule has 0 aromatic heterocycles. The van der Waals surface area contributed by atoms with Gasteiger partial charge in [-0.2, -0.15) is 0 Å². The van der Waals surface area contributed by atoms with Crippen molar-refractivity contribution in [2.24, 2.45) is 5.92 Å². The van der Waals surface area contributed by atoms with E-state index >= 15 is 0 Å². The van der Waals surface area contributed by atoms with Gasteiger partial charge >= 0.3 is 0 Å². The molecule has 0 bridgehead atoms. The number of carbonyl (C=O) groups excluding carboxylic acids is 1. The number of benzene rings is 1. The smallest absolute Gasteiger partial charge is 0.255 e. The molecular formula is C18H28N2O3. The molecule has 2 rings (SSSR count). The van der Waals surface area contributed by atoms with E-state index in [0.29, 0.717) is 17.1 Å². The molecule has 0 radical (unpaired) electrons. The van der Waals surface area contributed by atoms with Gasteiger partial charge in [-0.05, 0) is 50.9 Å². The van der Waals surface area contributed by atoms with E-state index in [1.807, 2.05) is 6.92 Å². The molecule has 1 unspecified atom stereocenters. The van der Waals surface area contributed by atoms with Gasteiger partial charge in [0.15, 0.2) is 0 Å². The molecule has 1 fully saturated rings. The molecule has 0 spiro atoms. The second kappa shape index (κ2) is 8.20. The van der Waals surface area contributed by atoms with Gasteiger partial charge in [-0.15, -0.1) is 0 Å². The second-order valence-corrected chi connectivity index (χ2v) is 6.42. The molecule has 1 N–H and O–H groups in total. The molecule has 1 aromatic rings. The Hall–Kier alpha value is -1.75. The van der Waals surface area contributed by atoms with E-state index < -0.39 is 0 Å². The third-order valence-corrected chi connectivity index (χ3v) is 4.44. The number of hydrogen-bond acceptors (Lipinski definition) is 4. The van der Waals surface area contributed by atoms with Crippen molar-refractivity contribution in [3.05, 3.63) is 23.8 Å². The summed E-state index contributed by atoms with van der Waals surface area (Å²) in [5.74, 6) is 1.91. The zero-order valence-electron chi connectivity index (χ0n) is 14.6. The normalized spacial score (nSPS) is 17.6. The Morgan fingerprint density at radius 2 is 2.00 bits per heavy atom. The number of nitrogens with one attached hydrogen (secondary N) is 1. The Morgan fingerprint density at radius 1 is 1.30 bits per heavy atom. The van der Waals surface area contributed by atoms with Crippen LogP contribution < -0.4 is 14.8 Å². The molecule has 5 heteroatoms. The molecule has 0 saturated carbocycles. The molecule has 1 heterocycles. The van der Waals surface area contributed by atoms with Crippen molar-refractivity contribution < 1.29 is 14.3 Å². The Balaban J connectivity index is 1.93. The van der Waals surface area contributed by atoms with Crippen LogP contribution in [0.2, 0.25) is 0 Å². The highest BCUT2D eigenvalue weighted by atomic mass is 16.5. The molecule has 1 aromatic carbocycles. The first-order valence-electron chi connectivity index (χ1n) is 8.28. The summed E-state index contributed by atoms with van der Waals surface area (Å²) in [5, 5.41) is 3.07. The van der Waals surface area contributed by atoms with E-state index in [4.69, 9.17) is 9.47 Å². The Labute approximate surface area is 139 Å². The number of methoxy groups -OCH3 is 2. The van der Waals surface area contributed by atoms with Crippen molar-refractivity contribution in [1.29, 1.82) is 0 Å². The van der Waals surface area contributed by atoms with Crippen LogP contribution >= 0.6 is 0 Å². The van der Waals surface area contributed by atoms with Gasteiger partial charge in [-0.3, -0.25) is 4.79 Å². The predicted octanol–water partition coefficient (Wildman–Crippen LogP) is 2.55. The minimum absolute atomic E-state index is 0.0997. The molecule has 1 atom stereocenters. The van der Waals surface area contributed by atoms with E-state index in [2.05, 4.69) is 17.1 Å². The van der Waals surface area contributed by atoms with Crippen molar-refractivity contribution in [3.8, 4) is 11.5 Å². The van der Waals surface area contributed by atoms with Crippen LogP contribution in [0.5, 0.6) is 11.5 Å². The number of rotatable bonds is 6. The van der Waals surface area contributed by atoms with Crippen molar-refractivity contribution in [2.45, 2.75) is 32.7 Å². The first-order valence-corrected chi connectivity index (χ1v) is 8.28. The summed E-state index contributed by atoms with van der Waals surface area (Å²) < 4.78 is 10.5. The molecule has 1 aliphatic heterocycles. The Bertz CT molecular complexity index is 525. The molecular weight excluding hydrogens is 292 g/mol. The van der Waals surface area contributed by atoms with Crippen molar-refractivity contribution in [1.82, 2.24) is 10.2 Å². The fourth-order valence-electron chi connectivity index (χ4n) is 2.97. The molecule has 128 valence electrons. The number of nitrogens with zero attached hydrogens (tertiary/aromatic N) is 1. The summed E-state index contributed by atoms with van der Waals surface area (Å²) in [6, 6.07) is 5.34. The van der Waals surface area contributed by atoms with Crippen LogP contribution in [-0.4, -0.2) is 50.7 Å². The average molecular weight is 320 g/mol. The van der Waals surface area contributed by atoms with E-state index in [1.54, 1.807) is 32.4 Å². The fraction of sp³-hybridized carbons (Fsp3) is 0.611. The molecule has 1 amide bonds. The largest absolute Gasteiger partial charge is 0.497 e. The molecule has 23 heavy (non-hydrogen) atoms. The number of ether oxygens (including phenoxy) is 2. The van der Waals surface area contributed by atoms with Gasteiger partial charge in [0, 0.05) is 18.7 Å². The summed E-state index contributed by atoms with van der Waals surface area (Å²) in [7, 11) is 3.15. The van der Waals surface area contributed by atoms with Crippen LogP contribution in [0.4, 0.5) is 0 Å². The second-order valence-electron chi connectivity index (χ2n) is 6.42. The zero-order valence-corrected chi connectivity index (χ0v) is 14.6. The van der Waals surface area contributed by atoms with Gasteiger partial charge < -0.3 is 19.7 Å². The number of carbonyl (C=O) groups is 1. The van der Waals surface area contributed by atoms with Crippen LogP contribution in [-0.2, 0) is 0 Å². The monoisotopic (exact) mass is 320 g/mol. The standard InChI is InChI=1S/C18H28N2O3/c1-13-7-9-20(10-8-13)12-14(2)19-18(21)16-6-5-15(22-3)11-17(16)23-4/h5-6,11,13-14H,7-10,12H2,1-4H3,(H,19,21). The van der Waals surface area contributed by atoms with Crippen LogP contribution in [0.25, 0.3) is 0 Å². The quantitative estimate of drug-likeness (QED) is 0.875. The van der Waals surface area contributed by atoms with Gasteiger partial charge in [-0.25, -0.2) is 0 Å². The lowest BCUT2D eigenvalue weighted by molar-refractivity contribution is 0.0918. The minimum atomic E-state index is -0.109. The van der Waals surface area contributed by atoms with Crippen LogP contribution in [0, 0.1) is 5.92 Å². The van der Waals surface area contributed by atoms with Gasteiger partial charge in [0.1, 0.15) is 11.5 Å². The highest BCUT2D eigenvalue weighted by Gasteiger charge is 2.20. The van der Waals surface area contributed by atoms with Gasteiger partial charge in [0.2, 0.25) is 0 Å². The maximum atomic E-state index is 12.5. The summed E-state index contributed by atoms with van der Waals surface area (Å²) in [6.45, 7) is 7.47. The van der Waals surface area contributed by atoms with Crippen molar-refractivity contribution in [3.63, 3.8) is 0 Å². The highest BCUT2D eigenvalue weighted by molar-refractivity contribution is 5.97. The van der Waals surface area contributed by atoms with E-state index in [1.165, 1.54) is 12.8 Å². The highest BCUT2D eigenvalue weighted by Crippen LogP contribution is 2.24. The van der Waals surface area contributed by atoms with E-state index in [-0.39, 0.29) is 11.9 Å². The zero-order chi connectivity index (χ0) is 16.8. The predicted molar refractivity (Wildman–Crippen MR) is 91.3 cm³/mol. The summed E-state index contributed by atoms with van der Waals surface area (Å²) in [4.78, 5) is 14.9. The topological polar surface area (TPSA) is 50.8 Å². The van der Waals surface area contributed by atoms with Crippen molar-refractivity contribution >= 4 is 5.91 Å². The maximum Gasteiger partial charge on any atom is 0.255 e. The Morgan fingerprint density at radius 3 is 2.61 bits per heavy atom. The summed E-state index contributed by atoms with van der Waals surface area (Å²) >= 11 is 0. The van der Waals surface area contributed by atoms with Crippen LogP contribution in [0.3, 0.4) is 0 Å². The number of likely N-dealkylation sites (tertiary alicyclic amines) is 1. The molecule has 1 aliphatic rings. The Kier molecular flexibility index (Phi) is 6.28. The molecule has 5 nitrogen and oxygen atoms in total. The number of piperidine rings is 1. The minimum Gasteiger partial charge on any atom is -0.497 e. The fourth-order valence-corrected chi connectivity index (χ4v) is 2.97. The third-order valence-electron chi connectivity index (χ3n) is 4.44. The van der Waals surface area contributed by atoms with Crippen LogP contribution in [0.15, 0.2) is 18.2 Å². The van der Waals surface area contributed by atoms with E-state index in [9.17, 15) is 4.79 Å². The summed E-state index contributed by atoms with van der Waals surface area (Å²) in [5.41, 5.74) is 0.535. The lowest BCUT2D eigenvalue weighted by Gasteiger charge is -2.32. The van der Waals surface area contributed by atoms with Gasteiger partial charge in [-0.1, -0.05) is 6.92 Å².